The Hall–Kier alpha value is -0.654. The second-order valence-electron chi connectivity index (χ2n) is 3.92. The molecule has 0 bridgehead atoms. The van der Waals surface area contributed by atoms with Crippen LogP contribution in [0.25, 0.3) is 0 Å². The quantitative estimate of drug-likeness (QED) is 0.586. The molecule has 2 heteroatoms. The molecule has 1 aromatic rings. The van der Waals surface area contributed by atoms with Gasteiger partial charge in [0.25, 0.3) is 0 Å². The number of aromatic nitrogens is 1. The molecule has 1 heterocycles. The Morgan fingerprint density at radius 1 is 1.13 bits per heavy atom. The number of rotatable bonds is 2. The molecule has 0 saturated carbocycles. The average molecular weight is 258 g/mol. The van der Waals surface area contributed by atoms with E-state index in [1.165, 1.54) is 9.95 Å². The van der Waals surface area contributed by atoms with Crippen molar-refractivity contribution < 1.29 is 0 Å². The Labute approximate surface area is 98.3 Å². The van der Waals surface area contributed by atoms with Crippen molar-refractivity contribution in [3.63, 3.8) is 0 Å². The fourth-order valence-corrected chi connectivity index (χ4v) is 4.43. The molecule has 0 atom stereocenters. The predicted octanol–water partition coefficient (Wildman–Crippen LogP) is 3.12. The van der Waals surface area contributed by atoms with Gasteiger partial charge in [-0.15, -0.1) is 0 Å². The van der Waals surface area contributed by atoms with E-state index in [2.05, 4.69) is 41.4 Å². The van der Waals surface area contributed by atoms with Crippen LogP contribution < -0.4 is 0 Å². The molecule has 0 aliphatic rings. The third-order valence-electron chi connectivity index (χ3n) is 2.49. The van der Waals surface area contributed by atoms with Gasteiger partial charge in [0.05, 0.1) is 0 Å². The number of pyridine rings is 1. The fourth-order valence-electron chi connectivity index (χ4n) is 1.58. The summed E-state index contributed by atoms with van der Waals surface area (Å²) in [6, 6.07) is 4.15. The molecular formula is C13H18GaN. The molecule has 0 aliphatic heterocycles. The topological polar surface area (TPSA) is 12.9 Å². The average Bonchev–Trinajstić information content (AvgIpc) is 2.18. The summed E-state index contributed by atoms with van der Waals surface area (Å²) in [6.45, 7) is 8.59. The summed E-state index contributed by atoms with van der Waals surface area (Å²) in [6.07, 6.45) is 0. The van der Waals surface area contributed by atoms with Crippen LogP contribution in [0, 0.1) is 24.2 Å². The van der Waals surface area contributed by atoms with Gasteiger partial charge in [-0.3, -0.25) is 0 Å². The van der Waals surface area contributed by atoms with E-state index in [-0.39, 0.29) is 0 Å². The molecule has 0 spiro atoms. The zero-order valence-corrected chi connectivity index (χ0v) is 12.5. The van der Waals surface area contributed by atoms with Crippen LogP contribution >= 0.6 is 0 Å². The van der Waals surface area contributed by atoms with Gasteiger partial charge in [0, 0.05) is 0 Å². The first-order chi connectivity index (χ1) is 7.15. The molecule has 1 nitrogen and oxygen atoms in total. The van der Waals surface area contributed by atoms with Gasteiger partial charge < -0.3 is 0 Å². The Bertz CT molecular complexity index is 363. The van der Waals surface area contributed by atoms with Gasteiger partial charge in [0.2, 0.25) is 0 Å². The SMILES string of the molecule is C[CH2][Ga]([C]#Cc1cc(C)nc(C)c1)[CH2]C. The van der Waals surface area contributed by atoms with Gasteiger partial charge >= 0.3 is 98.3 Å². The third kappa shape index (κ3) is 4.15. The van der Waals surface area contributed by atoms with Gasteiger partial charge in [0.1, 0.15) is 0 Å². The molecule has 78 valence electrons. The van der Waals surface area contributed by atoms with Crippen LogP contribution in [0.15, 0.2) is 12.1 Å². The molecule has 0 radical (unpaired) electrons. The maximum atomic E-state index is 4.35. The maximum absolute atomic E-state index is 4.35. The minimum atomic E-state index is -1.23. The zero-order chi connectivity index (χ0) is 11.3. The van der Waals surface area contributed by atoms with Gasteiger partial charge in [-0.1, -0.05) is 0 Å². The van der Waals surface area contributed by atoms with E-state index in [0.29, 0.717) is 0 Å². The van der Waals surface area contributed by atoms with E-state index >= 15 is 0 Å². The number of aryl methyl sites for hydroxylation is 2. The third-order valence-corrected chi connectivity index (χ3v) is 7.78. The van der Waals surface area contributed by atoms with Crippen LogP contribution in [0.5, 0.6) is 0 Å². The standard InChI is InChI=1S/C9H8N.2C2H5.Ga/c1-4-9-5-7(2)10-8(3)6-9;2*1-2;/h5-6H,2-3H3;2*1H2,2H3;. The van der Waals surface area contributed by atoms with E-state index in [9.17, 15) is 0 Å². The van der Waals surface area contributed by atoms with Gasteiger partial charge in [-0.2, -0.15) is 0 Å². The van der Waals surface area contributed by atoms with E-state index in [1.807, 2.05) is 13.8 Å². The normalized spacial score (nSPS) is 9.33. The summed E-state index contributed by atoms with van der Waals surface area (Å²) >= 11 is -1.23. The van der Waals surface area contributed by atoms with Crippen molar-refractivity contribution in [1.82, 2.24) is 4.98 Å². The molecule has 1 aromatic heterocycles. The molecule has 0 aromatic carbocycles. The molecule has 0 amide bonds. The van der Waals surface area contributed by atoms with Crippen molar-refractivity contribution in [3.8, 4) is 10.4 Å². The van der Waals surface area contributed by atoms with Gasteiger partial charge in [-0.25, -0.2) is 0 Å². The Morgan fingerprint density at radius 2 is 1.67 bits per heavy atom. The van der Waals surface area contributed by atoms with E-state index in [1.54, 1.807) is 0 Å². The molecule has 0 fully saturated rings. The molecule has 0 aliphatic carbocycles. The summed E-state index contributed by atoms with van der Waals surface area (Å²) in [5, 5.41) is 0. The Kier molecular flexibility index (Phi) is 5.00. The number of nitrogens with zero attached hydrogens (tertiary/aromatic N) is 1. The number of hydrogen-bond donors (Lipinski definition) is 0. The van der Waals surface area contributed by atoms with E-state index in [4.69, 9.17) is 0 Å². The van der Waals surface area contributed by atoms with Crippen LogP contribution in [-0.4, -0.2) is 21.2 Å². The van der Waals surface area contributed by atoms with Crippen molar-refractivity contribution in [2.24, 2.45) is 0 Å². The summed E-state index contributed by atoms with van der Waals surface area (Å²) in [7, 11) is 0. The van der Waals surface area contributed by atoms with Crippen molar-refractivity contribution in [2.45, 2.75) is 37.6 Å². The first kappa shape index (κ1) is 12.4. The monoisotopic (exact) mass is 257 g/mol. The van der Waals surface area contributed by atoms with Crippen LogP contribution in [0.2, 0.25) is 9.95 Å². The fraction of sp³-hybridized carbons (Fsp3) is 0.462. The van der Waals surface area contributed by atoms with Crippen molar-refractivity contribution in [3.05, 3.63) is 29.1 Å². The molecule has 0 N–H and O–H groups in total. The van der Waals surface area contributed by atoms with E-state index < -0.39 is 16.2 Å². The number of hydrogen-bond acceptors (Lipinski definition) is 1. The summed E-state index contributed by atoms with van der Waals surface area (Å²) in [5.74, 6) is 3.32. The first-order valence-corrected chi connectivity index (χ1v) is 10.3. The second kappa shape index (κ2) is 6.04. The van der Waals surface area contributed by atoms with Crippen LogP contribution in [0.3, 0.4) is 0 Å². The van der Waals surface area contributed by atoms with Crippen LogP contribution in [0.1, 0.15) is 30.8 Å². The molecule has 1 rings (SSSR count). The molecule has 15 heavy (non-hydrogen) atoms. The minimum absolute atomic E-state index is 1.07. The van der Waals surface area contributed by atoms with Crippen LogP contribution in [-0.2, 0) is 0 Å². The Balaban J connectivity index is 2.88. The first-order valence-electron chi connectivity index (χ1n) is 5.62. The summed E-state index contributed by atoms with van der Waals surface area (Å²) < 4.78 is 3.50. The van der Waals surface area contributed by atoms with Gasteiger partial charge in [0.15, 0.2) is 0 Å². The van der Waals surface area contributed by atoms with Gasteiger partial charge in [-0.05, 0) is 0 Å². The van der Waals surface area contributed by atoms with E-state index in [0.717, 1.165) is 17.0 Å². The van der Waals surface area contributed by atoms with Crippen molar-refractivity contribution >= 4 is 16.2 Å². The second-order valence-corrected chi connectivity index (χ2v) is 10.9. The molecule has 0 saturated heterocycles. The Morgan fingerprint density at radius 3 is 2.13 bits per heavy atom. The summed E-state index contributed by atoms with van der Waals surface area (Å²) in [5.41, 5.74) is 3.27. The zero-order valence-electron chi connectivity index (χ0n) is 10.1. The summed E-state index contributed by atoms with van der Waals surface area (Å²) in [4.78, 5) is 6.99. The predicted molar refractivity (Wildman–Crippen MR) is 67.3 cm³/mol. The van der Waals surface area contributed by atoms with Crippen LogP contribution in [0.4, 0.5) is 0 Å². The van der Waals surface area contributed by atoms with Crippen molar-refractivity contribution in [2.75, 3.05) is 0 Å². The molecular weight excluding hydrogens is 240 g/mol. The molecule has 0 unspecified atom stereocenters. The van der Waals surface area contributed by atoms with Crippen molar-refractivity contribution in [1.29, 1.82) is 0 Å².